The standard InChI is InChI=1S/C20H17BN2/c1-12-19-17-10-6-4-8-15(17)13(2)22(19)21-23-14(3)16-9-5-7-11-18(16)20(12)23/h4-11H,1-3H3/q+1. The molecule has 2 aliphatic rings. The molecule has 0 N–H and O–H groups in total. The molecule has 3 heteroatoms. The molecule has 0 aliphatic carbocycles. The fraction of sp³-hybridized carbons (Fsp3) is 0.150. The molecular formula is C20H17BN2+. The third-order valence-electron chi connectivity index (χ3n) is 5.29. The van der Waals surface area contributed by atoms with E-state index in [9.17, 15) is 0 Å². The van der Waals surface area contributed by atoms with E-state index in [1.165, 1.54) is 50.3 Å². The highest BCUT2D eigenvalue weighted by molar-refractivity contribution is 6.34. The van der Waals surface area contributed by atoms with Crippen molar-refractivity contribution in [3.63, 3.8) is 0 Å². The quantitative estimate of drug-likeness (QED) is 0.553. The molecule has 0 atom stereocenters. The zero-order valence-corrected chi connectivity index (χ0v) is 13.6. The minimum atomic E-state index is 1.30. The Labute approximate surface area is 136 Å². The van der Waals surface area contributed by atoms with E-state index in [2.05, 4.69) is 85.8 Å². The van der Waals surface area contributed by atoms with Crippen molar-refractivity contribution in [2.75, 3.05) is 0 Å². The van der Waals surface area contributed by atoms with Gasteiger partial charge in [-0.05, 0) is 26.0 Å². The Morgan fingerprint density at radius 1 is 0.826 bits per heavy atom. The molecule has 0 saturated heterocycles. The summed E-state index contributed by atoms with van der Waals surface area (Å²) < 4.78 is 4.69. The van der Waals surface area contributed by atoms with Crippen LogP contribution in [-0.4, -0.2) is 22.2 Å². The molecule has 1 aromatic heterocycles. The van der Waals surface area contributed by atoms with Crippen LogP contribution < -0.4 is 0 Å². The number of aryl methyl sites for hydroxylation is 1. The fourth-order valence-electron chi connectivity index (χ4n) is 4.15. The number of benzene rings is 2. The molecule has 109 valence electrons. The summed E-state index contributed by atoms with van der Waals surface area (Å²) >= 11 is 0. The SMILES string of the molecule is CC1=C2c3ccccc3C(C)=[N+]2[B]n2c(C)c3ccccc3c21. The van der Waals surface area contributed by atoms with Crippen LogP contribution in [0.3, 0.4) is 0 Å². The van der Waals surface area contributed by atoms with E-state index in [-0.39, 0.29) is 0 Å². The molecule has 3 heterocycles. The van der Waals surface area contributed by atoms with Crippen LogP contribution in [-0.2, 0) is 0 Å². The first kappa shape index (κ1) is 12.9. The maximum absolute atomic E-state index is 2.35. The number of fused-ring (bicyclic) bond motifs is 6. The van der Waals surface area contributed by atoms with E-state index in [1.807, 2.05) is 0 Å². The van der Waals surface area contributed by atoms with E-state index in [0.717, 1.165) is 0 Å². The first-order chi connectivity index (χ1) is 11.2. The van der Waals surface area contributed by atoms with Gasteiger partial charge in [0.15, 0.2) is 11.4 Å². The number of nitrogens with zero attached hydrogens (tertiary/aromatic N) is 2. The van der Waals surface area contributed by atoms with Crippen LogP contribution in [0.2, 0.25) is 0 Å². The Morgan fingerprint density at radius 3 is 2.26 bits per heavy atom. The van der Waals surface area contributed by atoms with Gasteiger partial charge in [-0.2, -0.15) is 0 Å². The molecule has 1 radical (unpaired) electrons. The maximum atomic E-state index is 2.35. The molecule has 0 bridgehead atoms. The van der Waals surface area contributed by atoms with Gasteiger partial charge in [-0.3, -0.25) is 4.49 Å². The highest BCUT2D eigenvalue weighted by Gasteiger charge is 2.41. The Kier molecular flexibility index (Phi) is 2.40. The highest BCUT2D eigenvalue weighted by atomic mass is 15.1. The lowest BCUT2D eigenvalue weighted by Crippen LogP contribution is -2.30. The van der Waals surface area contributed by atoms with E-state index < -0.39 is 0 Å². The number of aromatic nitrogens is 1. The van der Waals surface area contributed by atoms with Crippen LogP contribution in [0.15, 0.2) is 48.5 Å². The molecule has 2 aromatic carbocycles. The summed E-state index contributed by atoms with van der Waals surface area (Å²) in [6.45, 7) is 6.67. The summed E-state index contributed by atoms with van der Waals surface area (Å²) in [5.74, 6) is 0. The van der Waals surface area contributed by atoms with E-state index >= 15 is 0 Å². The Bertz CT molecular complexity index is 1070. The molecule has 23 heavy (non-hydrogen) atoms. The first-order valence-electron chi connectivity index (χ1n) is 8.07. The van der Waals surface area contributed by atoms with Gasteiger partial charge >= 0.3 is 7.55 Å². The van der Waals surface area contributed by atoms with E-state index in [1.54, 1.807) is 0 Å². The van der Waals surface area contributed by atoms with Crippen molar-refractivity contribution in [1.82, 2.24) is 4.48 Å². The second-order valence-corrected chi connectivity index (χ2v) is 6.44. The van der Waals surface area contributed by atoms with Gasteiger partial charge in [-0.15, -0.1) is 0 Å². The maximum Gasteiger partial charge on any atom is 0.700 e. The number of hydrogen-bond acceptors (Lipinski definition) is 0. The van der Waals surface area contributed by atoms with Gasteiger partial charge in [0.1, 0.15) is 0 Å². The fourth-order valence-corrected chi connectivity index (χ4v) is 4.15. The van der Waals surface area contributed by atoms with Crippen molar-refractivity contribution < 1.29 is 4.49 Å². The highest BCUT2D eigenvalue weighted by Crippen LogP contribution is 2.40. The molecule has 5 rings (SSSR count). The zero-order valence-electron chi connectivity index (χ0n) is 13.6. The van der Waals surface area contributed by atoms with Crippen molar-refractivity contribution >= 4 is 35.3 Å². The minimum absolute atomic E-state index is 1.30. The molecule has 3 aromatic rings. The second kappa shape index (κ2) is 4.26. The summed E-state index contributed by atoms with van der Waals surface area (Å²) in [6.07, 6.45) is 0. The Hall–Kier alpha value is -2.55. The zero-order chi connectivity index (χ0) is 15.7. The van der Waals surface area contributed by atoms with Crippen molar-refractivity contribution in [2.45, 2.75) is 20.8 Å². The van der Waals surface area contributed by atoms with Crippen molar-refractivity contribution in [3.8, 4) is 0 Å². The van der Waals surface area contributed by atoms with Gasteiger partial charge in [0.25, 0.3) is 0 Å². The van der Waals surface area contributed by atoms with Gasteiger partial charge in [0, 0.05) is 29.0 Å². The predicted octanol–water partition coefficient (Wildman–Crippen LogP) is 4.07. The number of rotatable bonds is 0. The monoisotopic (exact) mass is 296 g/mol. The molecule has 0 spiro atoms. The predicted molar refractivity (Wildman–Crippen MR) is 96.8 cm³/mol. The molecule has 0 saturated carbocycles. The molecular weight excluding hydrogens is 279 g/mol. The summed E-state index contributed by atoms with van der Waals surface area (Å²) in [4.78, 5) is 0. The molecule has 0 amide bonds. The van der Waals surface area contributed by atoms with Gasteiger partial charge in [-0.25, -0.2) is 0 Å². The van der Waals surface area contributed by atoms with Crippen LogP contribution in [0.1, 0.15) is 36.4 Å². The third-order valence-corrected chi connectivity index (χ3v) is 5.29. The van der Waals surface area contributed by atoms with Crippen molar-refractivity contribution in [1.29, 1.82) is 0 Å². The first-order valence-corrected chi connectivity index (χ1v) is 8.07. The van der Waals surface area contributed by atoms with Crippen LogP contribution in [0, 0.1) is 6.92 Å². The van der Waals surface area contributed by atoms with Gasteiger partial charge in [0.05, 0.1) is 16.8 Å². The molecule has 0 unspecified atom stereocenters. The smallest absolute Gasteiger partial charge is 0.321 e. The molecule has 2 aliphatic heterocycles. The molecule has 2 nitrogen and oxygen atoms in total. The van der Waals surface area contributed by atoms with Crippen LogP contribution in [0.25, 0.3) is 22.0 Å². The number of hydrogen-bond donors (Lipinski definition) is 0. The van der Waals surface area contributed by atoms with Gasteiger partial charge in [-0.1, -0.05) is 36.4 Å². The van der Waals surface area contributed by atoms with Crippen LogP contribution in [0.4, 0.5) is 0 Å². The van der Waals surface area contributed by atoms with Crippen LogP contribution in [0.5, 0.6) is 0 Å². The van der Waals surface area contributed by atoms with Gasteiger partial charge in [0.2, 0.25) is 0 Å². The van der Waals surface area contributed by atoms with Crippen molar-refractivity contribution in [3.05, 3.63) is 71.0 Å². The minimum Gasteiger partial charge on any atom is -0.321 e. The lowest BCUT2D eigenvalue weighted by atomic mass is 9.94. The topological polar surface area (TPSA) is 7.94 Å². The lowest BCUT2D eigenvalue weighted by molar-refractivity contribution is -0.266. The average molecular weight is 296 g/mol. The second-order valence-electron chi connectivity index (χ2n) is 6.44. The summed E-state index contributed by atoms with van der Waals surface area (Å²) in [5, 5.41) is 2.68. The Morgan fingerprint density at radius 2 is 1.48 bits per heavy atom. The van der Waals surface area contributed by atoms with Crippen LogP contribution >= 0.6 is 0 Å². The average Bonchev–Trinajstić information content (AvgIpc) is 3.03. The molecule has 0 fully saturated rings. The summed E-state index contributed by atoms with van der Waals surface area (Å²) in [7, 11) is 2.25. The third kappa shape index (κ3) is 1.47. The van der Waals surface area contributed by atoms with Crippen molar-refractivity contribution in [2.24, 2.45) is 0 Å². The summed E-state index contributed by atoms with van der Waals surface area (Å²) in [5.41, 5.74) is 9.29. The lowest BCUT2D eigenvalue weighted by Gasteiger charge is -2.16. The van der Waals surface area contributed by atoms with Gasteiger partial charge < -0.3 is 4.48 Å². The summed E-state index contributed by atoms with van der Waals surface area (Å²) in [6, 6.07) is 17.4. The normalized spacial score (nSPS) is 15.6. The van der Waals surface area contributed by atoms with E-state index in [4.69, 9.17) is 0 Å². The number of allylic oxidation sites excluding steroid dienone is 1. The Balaban J connectivity index is 1.93. The van der Waals surface area contributed by atoms with E-state index in [0.29, 0.717) is 0 Å². The largest absolute Gasteiger partial charge is 0.700 e.